The van der Waals surface area contributed by atoms with Gasteiger partial charge in [0, 0.05) is 6.07 Å². The minimum Gasteiger partial charge on any atom is -0.268 e. The fourth-order valence-corrected chi connectivity index (χ4v) is 3.59. The highest BCUT2D eigenvalue weighted by molar-refractivity contribution is 8.27. The fourth-order valence-electron chi connectivity index (χ4n) is 2.30. The molecular weight excluding hydrogens is 344 g/mol. The third-order valence-electron chi connectivity index (χ3n) is 3.51. The standard InChI is InChI=1S/C17H12N2O3S2/c1-11-6-8-13(9-7-11)18-16(20)15(24-17(18)23)10-12-4-2-3-5-14(12)19(21)22/h2-10H,1H3. The van der Waals surface area contributed by atoms with Gasteiger partial charge in [-0.3, -0.25) is 19.8 Å². The van der Waals surface area contributed by atoms with Crippen LogP contribution in [0.25, 0.3) is 6.08 Å². The lowest BCUT2D eigenvalue weighted by molar-refractivity contribution is -0.385. The Balaban J connectivity index is 1.97. The Labute approximate surface area is 148 Å². The van der Waals surface area contributed by atoms with Gasteiger partial charge in [0.05, 0.1) is 21.1 Å². The number of aryl methyl sites for hydroxylation is 1. The number of nitro benzene ring substituents is 1. The first-order valence-corrected chi connectivity index (χ1v) is 8.28. The molecule has 0 radical (unpaired) electrons. The number of hydrogen-bond donors (Lipinski definition) is 0. The van der Waals surface area contributed by atoms with E-state index in [4.69, 9.17) is 12.2 Å². The van der Waals surface area contributed by atoms with E-state index in [9.17, 15) is 14.9 Å². The van der Waals surface area contributed by atoms with Crippen LogP contribution in [-0.4, -0.2) is 15.2 Å². The molecule has 1 amide bonds. The molecule has 1 fully saturated rings. The molecule has 3 rings (SSSR count). The Kier molecular flexibility index (Phi) is 4.46. The number of hydrogen-bond acceptors (Lipinski definition) is 5. The largest absolute Gasteiger partial charge is 0.276 e. The Morgan fingerprint density at radius 1 is 1.17 bits per heavy atom. The normalized spacial score (nSPS) is 16.0. The zero-order valence-corrected chi connectivity index (χ0v) is 14.3. The molecule has 0 N–H and O–H groups in total. The maximum Gasteiger partial charge on any atom is 0.276 e. The summed E-state index contributed by atoms with van der Waals surface area (Å²) in [7, 11) is 0. The van der Waals surface area contributed by atoms with Crippen LogP contribution < -0.4 is 4.90 Å². The van der Waals surface area contributed by atoms with Crippen molar-refractivity contribution in [3.63, 3.8) is 0 Å². The third kappa shape index (κ3) is 3.08. The van der Waals surface area contributed by atoms with Crippen LogP contribution in [-0.2, 0) is 4.79 Å². The molecule has 5 nitrogen and oxygen atoms in total. The molecule has 0 atom stereocenters. The van der Waals surface area contributed by atoms with Gasteiger partial charge < -0.3 is 0 Å². The highest BCUT2D eigenvalue weighted by atomic mass is 32.2. The summed E-state index contributed by atoms with van der Waals surface area (Å²) in [5, 5.41) is 11.1. The monoisotopic (exact) mass is 356 g/mol. The van der Waals surface area contributed by atoms with E-state index >= 15 is 0 Å². The predicted molar refractivity (Wildman–Crippen MR) is 99.9 cm³/mol. The molecule has 7 heteroatoms. The molecule has 0 unspecified atom stereocenters. The highest BCUT2D eigenvalue weighted by Crippen LogP contribution is 2.37. The Hall–Kier alpha value is -2.51. The molecular formula is C17H12N2O3S2. The van der Waals surface area contributed by atoms with Crippen LogP contribution in [0.2, 0.25) is 0 Å². The van der Waals surface area contributed by atoms with E-state index in [1.807, 2.05) is 31.2 Å². The Morgan fingerprint density at radius 2 is 1.83 bits per heavy atom. The molecule has 1 saturated heterocycles. The summed E-state index contributed by atoms with van der Waals surface area (Å²) >= 11 is 6.45. The second-order valence-corrected chi connectivity index (χ2v) is 6.84. The van der Waals surface area contributed by atoms with E-state index in [0.29, 0.717) is 20.5 Å². The zero-order chi connectivity index (χ0) is 17.3. The number of para-hydroxylation sites is 1. The summed E-state index contributed by atoms with van der Waals surface area (Å²) < 4.78 is 0.411. The van der Waals surface area contributed by atoms with Crippen LogP contribution in [0.1, 0.15) is 11.1 Å². The molecule has 0 spiro atoms. The SMILES string of the molecule is Cc1ccc(N2C(=O)C(=Cc3ccccc3[N+](=O)[O-])SC2=S)cc1. The van der Waals surface area contributed by atoms with Crippen molar-refractivity contribution in [2.75, 3.05) is 4.90 Å². The number of carbonyl (C=O) groups excluding carboxylic acids is 1. The lowest BCUT2D eigenvalue weighted by atomic mass is 10.1. The van der Waals surface area contributed by atoms with Crippen LogP contribution in [0.4, 0.5) is 11.4 Å². The molecule has 1 aliphatic rings. The quantitative estimate of drug-likeness (QED) is 0.355. The minimum absolute atomic E-state index is 0.0434. The Bertz CT molecular complexity index is 876. The molecule has 0 bridgehead atoms. The van der Waals surface area contributed by atoms with Crippen molar-refractivity contribution in [2.24, 2.45) is 0 Å². The summed E-state index contributed by atoms with van der Waals surface area (Å²) in [5.74, 6) is -0.271. The van der Waals surface area contributed by atoms with E-state index < -0.39 is 4.92 Å². The van der Waals surface area contributed by atoms with E-state index in [1.165, 1.54) is 17.0 Å². The molecule has 0 saturated carbocycles. The summed E-state index contributed by atoms with van der Waals surface area (Å²) in [6, 6.07) is 13.8. The van der Waals surface area contributed by atoms with Gasteiger partial charge in [-0.2, -0.15) is 0 Å². The maximum absolute atomic E-state index is 12.7. The summed E-state index contributed by atoms with van der Waals surface area (Å²) in [5.41, 5.74) is 2.11. The number of thioether (sulfide) groups is 1. The lowest BCUT2D eigenvalue weighted by Crippen LogP contribution is -2.27. The number of nitrogens with zero attached hydrogens (tertiary/aromatic N) is 2. The zero-order valence-electron chi connectivity index (χ0n) is 12.6. The first-order chi connectivity index (χ1) is 11.5. The first-order valence-electron chi connectivity index (χ1n) is 7.05. The fraction of sp³-hybridized carbons (Fsp3) is 0.0588. The number of benzene rings is 2. The van der Waals surface area contributed by atoms with E-state index in [2.05, 4.69) is 0 Å². The van der Waals surface area contributed by atoms with E-state index in [1.54, 1.807) is 18.2 Å². The van der Waals surface area contributed by atoms with Gasteiger partial charge >= 0.3 is 0 Å². The Morgan fingerprint density at radius 3 is 2.50 bits per heavy atom. The van der Waals surface area contributed by atoms with Crippen molar-refractivity contribution in [1.29, 1.82) is 0 Å². The number of rotatable bonds is 3. The summed E-state index contributed by atoms with van der Waals surface area (Å²) in [6.07, 6.45) is 1.52. The average Bonchev–Trinajstić information content (AvgIpc) is 2.83. The van der Waals surface area contributed by atoms with Gasteiger partial charge in [-0.15, -0.1) is 0 Å². The number of nitro groups is 1. The van der Waals surface area contributed by atoms with Crippen LogP contribution in [0, 0.1) is 17.0 Å². The van der Waals surface area contributed by atoms with Crippen molar-refractivity contribution in [1.82, 2.24) is 0 Å². The van der Waals surface area contributed by atoms with Crippen molar-refractivity contribution in [3.05, 3.63) is 74.7 Å². The predicted octanol–water partition coefficient (Wildman–Crippen LogP) is 4.31. The maximum atomic E-state index is 12.7. The molecule has 1 aliphatic heterocycles. The number of anilines is 1. The molecule has 24 heavy (non-hydrogen) atoms. The van der Waals surface area contributed by atoms with E-state index in [-0.39, 0.29) is 11.6 Å². The highest BCUT2D eigenvalue weighted by Gasteiger charge is 2.33. The van der Waals surface area contributed by atoms with Crippen LogP contribution in [0.5, 0.6) is 0 Å². The second kappa shape index (κ2) is 6.54. The van der Waals surface area contributed by atoms with Gasteiger partial charge in [0.25, 0.3) is 11.6 Å². The molecule has 2 aromatic rings. The third-order valence-corrected chi connectivity index (χ3v) is 4.81. The van der Waals surface area contributed by atoms with Crippen molar-refractivity contribution in [3.8, 4) is 0 Å². The van der Waals surface area contributed by atoms with Crippen LogP contribution in [0.3, 0.4) is 0 Å². The molecule has 120 valence electrons. The van der Waals surface area contributed by atoms with Gasteiger partial charge in [-0.05, 0) is 31.2 Å². The topological polar surface area (TPSA) is 63.5 Å². The molecule has 2 aromatic carbocycles. The van der Waals surface area contributed by atoms with Crippen molar-refractivity contribution in [2.45, 2.75) is 6.92 Å². The molecule has 0 aliphatic carbocycles. The van der Waals surface area contributed by atoms with Gasteiger partial charge in [0.15, 0.2) is 4.32 Å². The number of amides is 1. The summed E-state index contributed by atoms with van der Waals surface area (Å²) in [6.45, 7) is 1.96. The number of carbonyl (C=O) groups is 1. The van der Waals surface area contributed by atoms with Gasteiger partial charge in [-0.25, -0.2) is 0 Å². The van der Waals surface area contributed by atoms with Crippen LogP contribution >= 0.6 is 24.0 Å². The van der Waals surface area contributed by atoms with Crippen molar-refractivity contribution >= 4 is 51.7 Å². The lowest BCUT2D eigenvalue weighted by Gasteiger charge is -2.14. The average molecular weight is 356 g/mol. The van der Waals surface area contributed by atoms with Gasteiger partial charge in [-0.1, -0.05) is 53.8 Å². The van der Waals surface area contributed by atoms with Crippen molar-refractivity contribution < 1.29 is 9.72 Å². The molecule has 0 aromatic heterocycles. The van der Waals surface area contributed by atoms with Gasteiger partial charge in [0.2, 0.25) is 0 Å². The van der Waals surface area contributed by atoms with Crippen LogP contribution in [0.15, 0.2) is 53.4 Å². The van der Waals surface area contributed by atoms with E-state index in [0.717, 1.165) is 17.3 Å². The first kappa shape index (κ1) is 16.4. The number of thiocarbonyl (C=S) groups is 1. The summed E-state index contributed by atoms with van der Waals surface area (Å²) in [4.78, 5) is 25.1. The second-order valence-electron chi connectivity index (χ2n) is 5.17. The minimum atomic E-state index is -0.466. The molecule has 1 heterocycles. The van der Waals surface area contributed by atoms with Gasteiger partial charge in [0.1, 0.15) is 0 Å². The smallest absolute Gasteiger partial charge is 0.268 e.